The number of nitrogens with zero attached hydrogens (tertiary/aromatic N) is 3. The van der Waals surface area contributed by atoms with Crippen molar-refractivity contribution < 1.29 is 13.6 Å². The van der Waals surface area contributed by atoms with Crippen LogP contribution in [0.1, 0.15) is 32.2 Å². The minimum absolute atomic E-state index is 0.0751. The molecule has 5 rings (SSSR count). The molecule has 1 aliphatic rings. The maximum absolute atomic E-state index is 15.5. The van der Waals surface area contributed by atoms with Crippen LogP contribution in [-0.2, 0) is 11.8 Å². The average Bonchev–Trinajstić information content (AvgIpc) is 3.72. The molecule has 1 aliphatic carbocycles. The van der Waals surface area contributed by atoms with Crippen LogP contribution in [-0.4, -0.2) is 20.3 Å². The molecule has 0 spiro atoms. The minimum atomic E-state index is -1.20. The molecule has 1 saturated carbocycles. The van der Waals surface area contributed by atoms with Crippen LogP contribution in [0.25, 0.3) is 22.2 Å². The quantitative estimate of drug-likeness (QED) is 0.295. The van der Waals surface area contributed by atoms with Crippen molar-refractivity contribution in [2.75, 3.05) is 10.6 Å². The summed E-state index contributed by atoms with van der Waals surface area (Å²) in [5.74, 6) is -2.04. The van der Waals surface area contributed by atoms with E-state index in [9.17, 15) is 18.8 Å². The van der Waals surface area contributed by atoms with Crippen LogP contribution >= 0.6 is 22.6 Å². The largest absolute Gasteiger partial charge is 0.350 e. The SMILES string of the molecule is CCC(=O)Nc1cccc(-c2nn(C3CC3)c(=O)c3c(Nc4ccc(I)cc4F)c(F)c(=O)n(C)c23)c1. The number of nitrogens with one attached hydrogen (secondary N) is 2. The first kappa shape index (κ1) is 25.1. The van der Waals surface area contributed by atoms with E-state index in [4.69, 9.17) is 0 Å². The molecule has 0 saturated heterocycles. The van der Waals surface area contributed by atoms with Crippen LogP contribution < -0.4 is 21.8 Å². The Balaban J connectivity index is 1.82. The Morgan fingerprint density at radius 1 is 1.14 bits per heavy atom. The van der Waals surface area contributed by atoms with Crippen LogP contribution in [0.3, 0.4) is 0 Å². The maximum Gasteiger partial charge on any atom is 0.289 e. The number of carbonyl (C=O) groups is 1. The summed E-state index contributed by atoms with van der Waals surface area (Å²) in [7, 11) is 1.36. The van der Waals surface area contributed by atoms with Gasteiger partial charge in [-0.05, 0) is 65.8 Å². The number of anilines is 3. The molecule has 0 radical (unpaired) electrons. The second-order valence-electron chi connectivity index (χ2n) is 8.84. The van der Waals surface area contributed by atoms with Gasteiger partial charge < -0.3 is 15.2 Å². The van der Waals surface area contributed by atoms with Gasteiger partial charge in [-0.3, -0.25) is 14.4 Å². The van der Waals surface area contributed by atoms with E-state index < -0.39 is 28.4 Å². The predicted octanol–water partition coefficient (Wildman–Crippen LogP) is 5.07. The number of fused-ring (bicyclic) bond motifs is 1. The molecular formula is C26H22F2IN5O3. The fourth-order valence-electron chi connectivity index (χ4n) is 4.15. The zero-order chi connectivity index (χ0) is 26.4. The number of aromatic nitrogens is 3. The van der Waals surface area contributed by atoms with Gasteiger partial charge in [-0.25, -0.2) is 9.07 Å². The molecular weight excluding hydrogens is 595 g/mol. The van der Waals surface area contributed by atoms with Gasteiger partial charge in [0.15, 0.2) is 0 Å². The van der Waals surface area contributed by atoms with Crippen molar-refractivity contribution in [3.05, 3.63) is 78.4 Å². The molecule has 2 N–H and O–H groups in total. The van der Waals surface area contributed by atoms with Crippen molar-refractivity contribution in [3.8, 4) is 11.3 Å². The van der Waals surface area contributed by atoms with Crippen LogP contribution in [0, 0.1) is 15.2 Å². The van der Waals surface area contributed by atoms with Gasteiger partial charge in [0.05, 0.1) is 28.3 Å². The number of amides is 1. The number of hydrogen-bond donors (Lipinski definition) is 2. The number of carbonyl (C=O) groups excluding carboxylic acids is 1. The normalized spacial score (nSPS) is 13.1. The van der Waals surface area contributed by atoms with E-state index in [1.807, 2.05) is 22.6 Å². The lowest BCUT2D eigenvalue weighted by Crippen LogP contribution is -2.30. The monoisotopic (exact) mass is 617 g/mol. The van der Waals surface area contributed by atoms with Gasteiger partial charge in [-0.15, -0.1) is 0 Å². The Kier molecular flexibility index (Phi) is 6.56. The summed E-state index contributed by atoms with van der Waals surface area (Å²) in [5, 5.41) is 9.92. The summed E-state index contributed by atoms with van der Waals surface area (Å²) in [4.78, 5) is 38.5. The molecule has 4 aromatic rings. The van der Waals surface area contributed by atoms with E-state index in [0.717, 1.165) is 17.4 Å². The smallest absolute Gasteiger partial charge is 0.289 e. The van der Waals surface area contributed by atoms with Crippen molar-refractivity contribution in [1.82, 2.24) is 14.3 Å². The fraction of sp³-hybridized carbons (Fsp3) is 0.231. The zero-order valence-corrected chi connectivity index (χ0v) is 22.1. The highest BCUT2D eigenvalue weighted by Crippen LogP contribution is 2.37. The van der Waals surface area contributed by atoms with Crippen LogP contribution in [0.4, 0.5) is 25.8 Å². The highest BCUT2D eigenvalue weighted by atomic mass is 127. The van der Waals surface area contributed by atoms with Crippen molar-refractivity contribution in [1.29, 1.82) is 0 Å². The van der Waals surface area contributed by atoms with Crippen molar-refractivity contribution >= 4 is 56.5 Å². The summed E-state index contributed by atoms with van der Waals surface area (Å²) in [6.45, 7) is 1.73. The lowest BCUT2D eigenvalue weighted by atomic mass is 10.1. The maximum atomic E-state index is 15.5. The van der Waals surface area contributed by atoms with E-state index in [1.54, 1.807) is 37.3 Å². The number of pyridine rings is 1. The number of aryl methyl sites for hydroxylation is 1. The summed E-state index contributed by atoms with van der Waals surface area (Å²) in [6.07, 6.45) is 1.75. The highest BCUT2D eigenvalue weighted by Gasteiger charge is 2.31. The van der Waals surface area contributed by atoms with Crippen molar-refractivity contribution in [2.24, 2.45) is 7.05 Å². The molecule has 37 heavy (non-hydrogen) atoms. The zero-order valence-electron chi connectivity index (χ0n) is 19.9. The Morgan fingerprint density at radius 3 is 2.57 bits per heavy atom. The number of rotatable bonds is 6. The predicted molar refractivity (Wildman–Crippen MR) is 146 cm³/mol. The lowest BCUT2D eigenvalue weighted by Gasteiger charge is -2.18. The molecule has 0 atom stereocenters. The Labute approximate surface area is 223 Å². The van der Waals surface area contributed by atoms with Gasteiger partial charge >= 0.3 is 0 Å². The standard InChI is InChI=1S/C26H22F2IN5O3/c1-3-19(35)30-15-6-4-5-13(11-15)22-24-20(25(36)34(32-22)16-8-9-16)23(21(28)26(37)33(24)2)31-18-10-7-14(29)12-17(18)27/h4-7,10-12,16,31H,3,8-9H2,1-2H3,(H,30,35). The van der Waals surface area contributed by atoms with Crippen LogP contribution in [0.2, 0.25) is 0 Å². The Hall–Kier alpha value is -3.61. The summed E-state index contributed by atoms with van der Waals surface area (Å²) >= 11 is 1.95. The fourth-order valence-corrected chi connectivity index (χ4v) is 4.60. The molecule has 2 aromatic carbocycles. The van der Waals surface area contributed by atoms with E-state index in [2.05, 4.69) is 15.7 Å². The molecule has 1 fully saturated rings. The van der Waals surface area contributed by atoms with Crippen molar-refractivity contribution in [3.63, 3.8) is 0 Å². The third-order valence-electron chi connectivity index (χ3n) is 6.21. The number of hydrogen-bond acceptors (Lipinski definition) is 5. The summed E-state index contributed by atoms with van der Waals surface area (Å²) in [5.41, 5.74) is -0.676. The van der Waals surface area contributed by atoms with E-state index in [0.29, 0.717) is 14.8 Å². The molecule has 8 nitrogen and oxygen atoms in total. The molecule has 0 bridgehead atoms. The lowest BCUT2D eigenvalue weighted by molar-refractivity contribution is -0.115. The molecule has 190 valence electrons. The van der Waals surface area contributed by atoms with Gasteiger partial charge in [0.1, 0.15) is 11.5 Å². The van der Waals surface area contributed by atoms with Gasteiger partial charge in [0, 0.05) is 28.3 Å². The molecule has 2 heterocycles. The van der Waals surface area contributed by atoms with Gasteiger partial charge in [-0.2, -0.15) is 9.49 Å². The van der Waals surface area contributed by atoms with Gasteiger partial charge in [0.2, 0.25) is 11.7 Å². The molecule has 0 unspecified atom stereocenters. The van der Waals surface area contributed by atoms with Gasteiger partial charge in [-0.1, -0.05) is 19.1 Å². The third-order valence-corrected chi connectivity index (χ3v) is 6.88. The van der Waals surface area contributed by atoms with E-state index in [-0.39, 0.29) is 40.7 Å². The average molecular weight is 617 g/mol. The van der Waals surface area contributed by atoms with Crippen LogP contribution in [0.5, 0.6) is 0 Å². The summed E-state index contributed by atoms with van der Waals surface area (Å²) < 4.78 is 33.1. The third kappa shape index (κ3) is 4.63. The molecule has 2 aromatic heterocycles. The Bertz CT molecular complexity index is 1690. The number of benzene rings is 2. The second kappa shape index (κ2) is 9.69. The second-order valence-corrected chi connectivity index (χ2v) is 10.1. The van der Waals surface area contributed by atoms with Crippen LogP contribution in [0.15, 0.2) is 52.1 Å². The molecule has 11 heteroatoms. The molecule has 1 amide bonds. The van der Waals surface area contributed by atoms with E-state index >= 15 is 4.39 Å². The van der Waals surface area contributed by atoms with Gasteiger partial charge in [0.25, 0.3) is 11.1 Å². The summed E-state index contributed by atoms with van der Waals surface area (Å²) in [6, 6.07) is 11.0. The molecule has 0 aliphatic heterocycles. The Morgan fingerprint density at radius 2 is 1.89 bits per heavy atom. The highest BCUT2D eigenvalue weighted by molar-refractivity contribution is 14.1. The van der Waals surface area contributed by atoms with Crippen molar-refractivity contribution in [2.45, 2.75) is 32.2 Å². The first-order valence-electron chi connectivity index (χ1n) is 11.7. The first-order valence-corrected chi connectivity index (χ1v) is 12.7. The first-order chi connectivity index (χ1) is 17.7. The minimum Gasteiger partial charge on any atom is -0.350 e. The topological polar surface area (TPSA) is 98.0 Å². The van der Waals surface area contributed by atoms with E-state index in [1.165, 1.54) is 23.9 Å². The number of halogens is 3.